The highest BCUT2D eigenvalue weighted by Gasteiger charge is 2.04. The van der Waals surface area contributed by atoms with Crippen molar-refractivity contribution in [3.63, 3.8) is 0 Å². The fraction of sp³-hybridized carbons (Fsp3) is 0.182. The van der Waals surface area contributed by atoms with E-state index >= 15 is 0 Å². The molecule has 2 nitrogen and oxygen atoms in total. The van der Waals surface area contributed by atoms with Crippen LogP contribution in [0.3, 0.4) is 0 Å². The summed E-state index contributed by atoms with van der Waals surface area (Å²) in [5.74, 6) is -0.861. The van der Waals surface area contributed by atoms with Gasteiger partial charge in [-0.3, -0.25) is 4.79 Å². The van der Waals surface area contributed by atoms with Crippen LogP contribution in [-0.2, 0) is 11.2 Å². The van der Waals surface area contributed by atoms with Crippen molar-refractivity contribution in [2.45, 2.75) is 13.3 Å². The number of allylic oxidation sites excluding steroid dienone is 1. The lowest BCUT2D eigenvalue weighted by atomic mass is 10.0. The molecule has 74 valence electrons. The van der Waals surface area contributed by atoms with Gasteiger partial charge in [-0.2, -0.15) is 0 Å². The van der Waals surface area contributed by atoms with Gasteiger partial charge in [-0.1, -0.05) is 29.8 Å². The van der Waals surface area contributed by atoms with Crippen LogP contribution in [-0.4, -0.2) is 11.1 Å². The molecule has 0 radical (unpaired) electrons. The van der Waals surface area contributed by atoms with E-state index in [1.54, 1.807) is 18.2 Å². The summed E-state index contributed by atoms with van der Waals surface area (Å²) in [6.07, 6.45) is -0.0131. The Morgan fingerprint density at radius 2 is 2.14 bits per heavy atom. The minimum Gasteiger partial charge on any atom is -0.481 e. The number of carboxylic acid groups (broad SMARTS) is 1. The second-order valence-corrected chi connectivity index (χ2v) is 3.64. The molecular weight excluding hydrogens is 200 g/mol. The molecule has 0 heterocycles. The van der Waals surface area contributed by atoms with Gasteiger partial charge in [0.25, 0.3) is 0 Å². The molecule has 1 aromatic rings. The van der Waals surface area contributed by atoms with Crippen molar-refractivity contribution in [2.75, 3.05) is 0 Å². The van der Waals surface area contributed by atoms with Crippen LogP contribution >= 0.6 is 11.6 Å². The average Bonchev–Trinajstić information content (AvgIpc) is 2.01. The van der Waals surface area contributed by atoms with Crippen molar-refractivity contribution in [1.29, 1.82) is 0 Å². The molecule has 0 unspecified atom stereocenters. The maximum atomic E-state index is 10.5. The molecular formula is C11H11ClO2. The molecule has 0 bridgehead atoms. The molecule has 0 atom stereocenters. The highest BCUT2D eigenvalue weighted by atomic mass is 35.5. The molecule has 1 rings (SSSR count). The van der Waals surface area contributed by atoms with E-state index in [0.717, 1.165) is 11.1 Å². The third-order valence-electron chi connectivity index (χ3n) is 1.81. The minimum absolute atomic E-state index is 0.0131. The summed E-state index contributed by atoms with van der Waals surface area (Å²) in [6.45, 7) is 5.64. The zero-order chi connectivity index (χ0) is 10.7. The van der Waals surface area contributed by atoms with Crippen LogP contribution in [0.4, 0.5) is 0 Å². The summed E-state index contributed by atoms with van der Waals surface area (Å²) in [4.78, 5) is 10.5. The Hall–Kier alpha value is -1.28. The third kappa shape index (κ3) is 2.89. The van der Waals surface area contributed by atoms with Crippen molar-refractivity contribution in [1.82, 2.24) is 0 Å². The predicted octanol–water partition coefficient (Wildman–Crippen LogP) is 3.00. The van der Waals surface area contributed by atoms with Gasteiger partial charge < -0.3 is 5.11 Å². The fourth-order valence-corrected chi connectivity index (χ4v) is 1.43. The standard InChI is InChI=1S/C11H11ClO2/c1-7(2)9-3-8(5-11(13)14)4-10(12)6-9/h3-4,6H,1,5H2,2H3,(H,13,14). The Balaban J connectivity index is 3.07. The highest BCUT2D eigenvalue weighted by molar-refractivity contribution is 6.30. The first kappa shape index (κ1) is 10.8. The summed E-state index contributed by atoms with van der Waals surface area (Å²) < 4.78 is 0. The van der Waals surface area contributed by atoms with Crippen LogP contribution in [0.5, 0.6) is 0 Å². The lowest BCUT2D eigenvalue weighted by molar-refractivity contribution is -0.136. The van der Waals surface area contributed by atoms with Gasteiger partial charge in [0.15, 0.2) is 0 Å². The van der Waals surface area contributed by atoms with Crippen molar-refractivity contribution < 1.29 is 9.90 Å². The first-order valence-corrected chi connectivity index (χ1v) is 4.54. The normalized spacial score (nSPS) is 9.86. The van der Waals surface area contributed by atoms with Gasteiger partial charge in [-0.15, -0.1) is 0 Å². The molecule has 14 heavy (non-hydrogen) atoms. The van der Waals surface area contributed by atoms with Gasteiger partial charge in [-0.25, -0.2) is 0 Å². The molecule has 0 aliphatic carbocycles. The third-order valence-corrected chi connectivity index (χ3v) is 2.02. The van der Waals surface area contributed by atoms with Crippen LogP contribution in [0.2, 0.25) is 5.02 Å². The average molecular weight is 211 g/mol. The SMILES string of the molecule is C=C(C)c1cc(Cl)cc(CC(=O)O)c1. The number of hydrogen-bond donors (Lipinski definition) is 1. The zero-order valence-electron chi connectivity index (χ0n) is 7.88. The number of hydrogen-bond acceptors (Lipinski definition) is 1. The Labute approximate surface area is 87.8 Å². The van der Waals surface area contributed by atoms with E-state index in [2.05, 4.69) is 6.58 Å². The molecule has 0 spiro atoms. The van der Waals surface area contributed by atoms with E-state index in [1.807, 2.05) is 6.92 Å². The number of benzene rings is 1. The first-order chi connectivity index (χ1) is 6.49. The molecule has 0 saturated heterocycles. The van der Waals surface area contributed by atoms with Crippen LogP contribution in [0.1, 0.15) is 18.1 Å². The van der Waals surface area contributed by atoms with E-state index in [0.29, 0.717) is 10.6 Å². The van der Waals surface area contributed by atoms with Crippen molar-refractivity contribution in [2.24, 2.45) is 0 Å². The van der Waals surface area contributed by atoms with Crippen molar-refractivity contribution >= 4 is 23.1 Å². The van der Waals surface area contributed by atoms with Crippen LogP contribution in [0.15, 0.2) is 24.8 Å². The van der Waals surface area contributed by atoms with Gasteiger partial charge in [-0.05, 0) is 30.2 Å². The summed E-state index contributed by atoms with van der Waals surface area (Å²) in [5.41, 5.74) is 2.45. The Kier molecular flexibility index (Phi) is 3.31. The van der Waals surface area contributed by atoms with E-state index in [4.69, 9.17) is 16.7 Å². The van der Waals surface area contributed by atoms with Crippen LogP contribution < -0.4 is 0 Å². The van der Waals surface area contributed by atoms with E-state index in [9.17, 15) is 4.79 Å². The molecule has 0 fully saturated rings. The minimum atomic E-state index is -0.861. The molecule has 0 amide bonds. The Morgan fingerprint density at radius 1 is 1.50 bits per heavy atom. The van der Waals surface area contributed by atoms with E-state index in [1.165, 1.54) is 0 Å². The molecule has 0 aromatic heterocycles. The Morgan fingerprint density at radius 3 is 2.64 bits per heavy atom. The van der Waals surface area contributed by atoms with Gasteiger partial charge in [0.05, 0.1) is 6.42 Å². The summed E-state index contributed by atoms with van der Waals surface area (Å²) in [6, 6.07) is 5.22. The topological polar surface area (TPSA) is 37.3 Å². The largest absolute Gasteiger partial charge is 0.481 e. The van der Waals surface area contributed by atoms with Gasteiger partial charge in [0.1, 0.15) is 0 Å². The molecule has 1 N–H and O–H groups in total. The number of halogens is 1. The summed E-state index contributed by atoms with van der Waals surface area (Å²) in [5, 5.41) is 9.17. The van der Waals surface area contributed by atoms with Gasteiger partial charge >= 0.3 is 5.97 Å². The molecule has 0 saturated carbocycles. The number of rotatable bonds is 3. The summed E-state index contributed by atoms with van der Waals surface area (Å²) >= 11 is 5.84. The molecule has 0 aliphatic heterocycles. The molecule has 1 aromatic carbocycles. The lowest BCUT2D eigenvalue weighted by Crippen LogP contribution is -2.00. The first-order valence-electron chi connectivity index (χ1n) is 4.16. The Bertz CT molecular complexity index is 383. The smallest absolute Gasteiger partial charge is 0.307 e. The second-order valence-electron chi connectivity index (χ2n) is 3.20. The van der Waals surface area contributed by atoms with Gasteiger partial charge in [0.2, 0.25) is 0 Å². The van der Waals surface area contributed by atoms with Gasteiger partial charge in [0, 0.05) is 5.02 Å². The van der Waals surface area contributed by atoms with Crippen LogP contribution in [0.25, 0.3) is 5.57 Å². The maximum absolute atomic E-state index is 10.5. The van der Waals surface area contributed by atoms with Crippen molar-refractivity contribution in [3.8, 4) is 0 Å². The predicted molar refractivity (Wildman–Crippen MR) is 57.5 cm³/mol. The monoisotopic (exact) mass is 210 g/mol. The number of carbonyl (C=O) groups is 1. The zero-order valence-corrected chi connectivity index (χ0v) is 8.64. The second kappa shape index (κ2) is 4.29. The molecule has 3 heteroatoms. The highest BCUT2D eigenvalue weighted by Crippen LogP contribution is 2.20. The molecule has 0 aliphatic rings. The maximum Gasteiger partial charge on any atom is 0.307 e. The number of carboxylic acids is 1. The number of aliphatic carboxylic acids is 1. The quantitative estimate of drug-likeness (QED) is 0.833. The summed E-state index contributed by atoms with van der Waals surface area (Å²) in [7, 11) is 0. The fourth-order valence-electron chi connectivity index (χ4n) is 1.17. The van der Waals surface area contributed by atoms with E-state index < -0.39 is 5.97 Å². The lowest BCUT2D eigenvalue weighted by Gasteiger charge is -2.04. The van der Waals surface area contributed by atoms with Crippen molar-refractivity contribution in [3.05, 3.63) is 40.9 Å². The van der Waals surface area contributed by atoms with E-state index in [-0.39, 0.29) is 6.42 Å². The van der Waals surface area contributed by atoms with Crippen LogP contribution in [0, 0.1) is 0 Å².